The number of aromatic nitrogens is 2. The van der Waals surface area contributed by atoms with Gasteiger partial charge in [-0.15, -0.1) is 0 Å². The van der Waals surface area contributed by atoms with E-state index >= 15 is 0 Å². The first-order valence-electron chi connectivity index (χ1n) is 8.99. The van der Waals surface area contributed by atoms with Crippen molar-refractivity contribution in [1.82, 2.24) is 15.3 Å². The minimum Gasteiger partial charge on any atom is -0.431 e. The first kappa shape index (κ1) is 18.3. The van der Waals surface area contributed by atoms with Crippen LogP contribution < -0.4 is 5.32 Å². The molecule has 28 heavy (non-hydrogen) atoms. The van der Waals surface area contributed by atoms with Crippen molar-refractivity contribution >= 4 is 28.8 Å². The first-order valence-corrected chi connectivity index (χ1v) is 9.97. The third-order valence-corrected chi connectivity index (χ3v) is 5.24. The number of nitrogens with one attached hydrogen (secondary N) is 1. The number of thioether (sulfide) groups is 1. The molecule has 140 valence electrons. The molecule has 6 heteroatoms. The Kier molecular flexibility index (Phi) is 5.39. The summed E-state index contributed by atoms with van der Waals surface area (Å²) in [6.07, 6.45) is 1.73. The summed E-state index contributed by atoms with van der Waals surface area (Å²) in [5, 5.41) is 3.62. The van der Waals surface area contributed by atoms with E-state index in [4.69, 9.17) is 4.42 Å². The summed E-state index contributed by atoms with van der Waals surface area (Å²) in [6.45, 7) is 1.93. The normalized spacial score (nSPS) is 12.0. The van der Waals surface area contributed by atoms with Crippen molar-refractivity contribution in [1.29, 1.82) is 0 Å². The van der Waals surface area contributed by atoms with Gasteiger partial charge in [0.1, 0.15) is 5.52 Å². The van der Waals surface area contributed by atoms with Crippen LogP contribution >= 0.6 is 11.8 Å². The van der Waals surface area contributed by atoms with Gasteiger partial charge in [0.05, 0.1) is 11.7 Å². The highest BCUT2D eigenvalue weighted by molar-refractivity contribution is 7.98. The number of rotatable bonds is 6. The number of amides is 1. The smallest absolute Gasteiger partial charge is 0.257 e. The fourth-order valence-electron chi connectivity index (χ4n) is 2.90. The number of hydrogen-bond donors (Lipinski definition) is 1. The Balaban J connectivity index is 1.47. The minimum absolute atomic E-state index is 0.119. The van der Waals surface area contributed by atoms with E-state index in [-0.39, 0.29) is 11.9 Å². The Morgan fingerprint density at radius 1 is 1.07 bits per heavy atom. The first-order chi connectivity index (χ1) is 13.7. The topological polar surface area (TPSA) is 68.0 Å². The Bertz CT molecular complexity index is 1060. The maximum atomic E-state index is 12.8. The van der Waals surface area contributed by atoms with E-state index in [2.05, 4.69) is 15.3 Å². The molecular weight excluding hydrogens is 370 g/mol. The summed E-state index contributed by atoms with van der Waals surface area (Å²) in [7, 11) is 0. The summed E-state index contributed by atoms with van der Waals surface area (Å²) in [5.74, 6) is 0.473. The summed E-state index contributed by atoms with van der Waals surface area (Å²) < 4.78 is 5.76. The summed E-state index contributed by atoms with van der Waals surface area (Å²) in [4.78, 5) is 21.6. The van der Waals surface area contributed by atoms with Crippen molar-refractivity contribution in [2.45, 2.75) is 23.9 Å². The molecule has 2 aromatic heterocycles. The number of para-hydroxylation sites is 2. The van der Waals surface area contributed by atoms with Crippen LogP contribution in [0.4, 0.5) is 0 Å². The van der Waals surface area contributed by atoms with Crippen LogP contribution in [-0.4, -0.2) is 15.9 Å². The van der Waals surface area contributed by atoms with Crippen molar-refractivity contribution in [3.63, 3.8) is 0 Å². The van der Waals surface area contributed by atoms with Gasteiger partial charge in [-0.05, 0) is 42.8 Å². The van der Waals surface area contributed by atoms with E-state index in [9.17, 15) is 4.79 Å². The largest absolute Gasteiger partial charge is 0.431 e. The molecule has 2 heterocycles. The van der Waals surface area contributed by atoms with E-state index in [0.717, 1.165) is 22.4 Å². The maximum absolute atomic E-state index is 12.8. The Hall–Kier alpha value is -3.12. The molecule has 0 radical (unpaired) electrons. The van der Waals surface area contributed by atoms with Crippen LogP contribution in [0.1, 0.15) is 34.6 Å². The van der Waals surface area contributed by atoms with Crippen LogP contribution in [0.5, 0.6) is 0 Å². The van der Waals surface area contributed by atoms with Crippen molar-refractivity contribution in [2.75, 3.05) is 0 Å². The number of benzene rings is 2. The van der Waals surface area contributed by atoms with Gasteiger partial charge < -0.3 is 9.73 Å². The summed E-state index contributed by atoms with van der Waals surface area (Å²) in [5.41, 5.74) is 4.00. The van der Waals surface area contributed by atoms with Gasteiger partial charge in [0.2, 0.25) is 0 Å². The van der Waals surface area contributed by atoms with Crippen molar-refractivity contribution in [2.24, 2.45) is 0 Å². The lowest BCUT2D eigenvalue weighted by Crippen LogP contribution is -2.28. The van der Waals surface area contributed by atoms with Crippen molar-refractivity contribution in [3.05, 3.63) is 89.7 Å². The number of hydrogen-bond acceptors (Lipinski definition) is 5. The zero-order valence-corrected chi connectivity index (χ0v) is 16.1. The highest BCUT2D eigenvalue weighted by Gasteiger charge is 2.16. The van der Waals surface area contributed by atoms with E-state index in [0.29, 0.717) is 16.5 Å². The molecule has 0 spiro atoms. The second-order valence-corrected chi connectivity index (χ2v) is 7.27. The number of fused-ring (bicyclic) bond motifs is 1. The molecule has 0 aliphatic heterocycles. The SMILES string of the molecule is C[C@H](NC(=O)c1ccccc1CSc1nc2ccccc2o1)c1ccccn1. The number of nitrogens with zero attached hydrogens (tertiary/aromatic N) is 2. The minimum atomic E-state index is -0.175. The van der Waals surface area contributed by atoms with E-state index in [1.807, 2.05) is 73.7 Å². The summed E-state index contributed by atoms with van der Waals surface area (Å²) in [6, 6.07) is 20.8. The lowest BCUT2D eigenvalue weighted by atomic mass is 10.1. The van der Waals surface area contributed by atoms with Gasteiger partial charge in [0.25, 0.3) is 11.1 Å². The molecule has 4 rings (SSSR count). The predicted molar refractivity (Wildman–Crippen MR) is 110 cm³/mol. The van der Waals surface area contributed by atoms with Gasteiger partial charge >= 0.3 is 0 Å². The van der Waals surface area contributed by atoms with Crippen LogP contribution in [0, 0.1) is 0 Å². The van der Waals surface area contributed by atoms with E-state index < -0.39 is 0 Å². The molecule has 0 aliphatic carbocycles. The van der Waals surface area contributed by atoms with Crippen molar-refractivity contribution in [3.8, 4) is 0 Å². The molecule has 1 atom stereocenters. The molecule has 0 bridgehead atoms. The van der Waals surface area contributed by atoms with Gasteiger partial charge in [0.15, 0.2) is 5.58 Å². The average Bonchev–Trinajstić information content (AvgIpc) is 3.16. The third kappa shape index (κ3) is 4.07. The molecule has 1 N–H and O–H groups in total. The molecule has 0 saturated carbocycles. The standard InChI is InChI=1S/C22H19N3O2S/c1-15(18-10-6-7-13-23-18)24-21(26)17-9-3-2-8-16(17)14-28-22-25-19-11-4-5-12-20(19)27-22/h2-13,15H,14H2,1H3,(H,24,26)/t15-/m0/s1. The molecule has 4 aromatic rings. The van der Waals surface area contributed by atoms with E-state index in [1.165, 1.54) is 11.8 Å². The number of oxazole rings is 1. The second-order valence-electron chi connectivity index (χ2n) is 6.34. The quantitative estimate of drug-likeness (QED) is 0.470. The van der Waals surface area contributed by atoms with Crippen LogP contribution in [0.2, 0.25) is 0 Å². The summed E-state index contributed by atoms with van der Waals surface area (Å²) >= 11 is 1.48. The van der Waals surface area contributed by atoms with Gasteiger partial charge in [-0.3, -0.25) is 9.78 Å². The zero-order chi connectivity index (χ0) is 19.3. The van der Waals surface area contributed by atoms with Gasteiger partial charge in [-0.25, -0.2) is 4.98 Å². The van der Waals surface area contributed by atoms with E-state index in [1.54, 1.807) is 6.20 Å². The predicted octanol–water partition coefficient (Wildman–Crippen LogP) is 5.01. The Morgan fingerprint density at radius 2 is 1.86 bits per heavy atom. The lowest BCUT2D eigenvalue weighted by Gasteiger charge is -2.15. The monoisotopic (exact) mass is 389 g/mol. The maximum Gasteiger partial charge on any atom is 0.257 e. The molecule has 0 unspecified atom stereocenters. The molecular formula is C22H19N3O2S. The number of carbonyl (C=O) groups excluding carboxylic acids is 1. The number of pyridine rings is 1. The average molecular weight is 389 g/mol. The van der Waals surface area contributed by atoms with Crippen LogP contribution in [0.25, 0.3) is 11.1 Å². The van der Waals surface area contributed by atoms with Crippen LogP contribution in [0.15, 0.2) is 82.6 Å². The van der Waals surface area contributed by atoms with Crippen LogP contribution in [-0.2, 0) is 5.75 Å². The van der Waals surface area contributed by atoms with Gasteiger partial charge in [-0.2, -0.15) is 0 Å². The fourth-order valence-corrected chi connectivity index (χ4v) is 3.74. The molecule has 0 saturated heterocycles. The van der Waals surface area contributed by atoms with Crippen molar-refractivity contribution < 1.29 is 9.21 Å². The highest BCUT2D eigenvalue weighted by Crippen LogP contribution is 2.27. The zero-order valence-electron chi connectivity index (χ0n) is 15.3. The Morgan fingerprint density at radius 3 is 2.68 bits per heavy atom. The highest BCUT2D eigenvalue weighted by atomic mass is 32.2. The number of carbonyl (C=O) groups is 1. The van der Waals surface area contributed by atoms with Gasteiger partial charge in [0, 0.05) is 17.5 Å². The molecule has 0 aliphatic rings. The molecule has 5 nitrogen and oxygen atoms in total. The Labute approximate surface area is 167 Å². The molecule has 0 fully saturated rings. The molecule has 1 amide bonds. The fraction of sp³-hybridized carbons (Fsp3) is 0.136. The van der Waals surface area contributed by atoms with Crippen LogP contribution in [0.3, 0.4) is 0 Å². The second kappa shape index (κ2) is 8.27. The molecule has 2 aromatic carbocycles. The third-order valence-electron chi connectivity index (χ3n) is 4.37. The van der Waals surface area contributed by atoms with Gasteiger partial charge in [-0.1, -0.05) is 48.2 Å². The lowest BCUT2D eigenvalue weighted by molar-refractivity contribution is 0.0938.